The van der Waals surface area contributed by atoms with Gasteiger partial charge >= 0.3 is 0 Å². The maximum absolute atomic E-state index is 14.0. The number of benzene rings is 3. The van der Waals surface area contributed by atoms with Crippen molar-refractivity contribution in [2.24, 2.45) is 23.2 Å². The van der Waals surface area contributed by atoms with E-state index in [-0.39, 0.29) is 29.9 Å². The summed E-state index contributed by atoms with van der Waals surface area (Å²) in [7, 11) is 1.63. The van der Waals surface area contributed by atoms with Crippen molar-refractivity contribution in [2.75, 3.05) is 12.0 Å². The summed E-state index contributed by atoms with van der Waals surface area (Å²) in [4.78, 5) is 15.8. The quantitative estimate of drug-likeness (QED) is 0.297. The Morgan fingerprint density at radius 3 is 2.09 bits per heavy atom. The van der Waals surface area contributed by atoms with E-state index in [2.05, 4.69) is 12.1 Å². The van der Waals surface area contributed by atoms with Gasteiger partial charge in [-0.15, -0.1) is 0 Å². The van der Waals surface area contributed by atoms with Crippen LogP contribution in [0, 0.1) is 23.2 Å². The largest absolute Gasteiger partial charge is 0.493 e. The molecule has 4 bridgehead atoms. The average molecular weight is 600 g/mol. The second kappa shape index (κ2) is 10.6. The van der Waals surface area contributed by atoms with E-state index < -0.39 is 5.60 Å². The Morgan fingerprint density at radius 2 is 1.53 bits per heavy atom. The van der Waals surface area contributed by atoms with Crippen molar-refractivity contribution in [3.05, 3.63) is 87.9 Å². The first kappa shape index (κ1) is 28.7. The van der Waals surface area contributed by atoms with Crippen LogP contribution in [0.25, 0.3) is 0 Å². The number of hydrogen-bond donors (Lipinski definition) is 1. The number of rotatable bonds is 7. The van der Waals surface area contributed by atoms with Gasteiger partial charge in [0.25, 0.3) is 0 Å². The molecule has 0 radical (unpaired) electrons. The Balaban J connectivity index is 1.28. The fourth-order valence-electron chi connectivity index (χ4n) is 9.29. The van der Waals surface area contributed by atoms with E-state index in [0.29, 0.717) is 16.5 Å². The van der Waals surface area contributed by atoms with Gasteiger partial charge < -0.3 is 19.5 Å². The number of halogens is 1. The number of ether oxygens (including phenoxy) is 2. The lowest BCUT2D eigenvalue weighted by Crippen LogP contribution is -2.55. The van der Waals surface area contributed by atoms with E-state index in [1.807, 2.05) is 74.2 Å². The van der Waals surface area contributed by atoms with Crippen LogP contribution in [0.15, 0.2) is 60.7 Å². The minimum Gasteiger partial charge on any atom is -0.493 e. The molecule has 3 aromatic rings. The molecule has 6 heteroatoms. The van der Waals surface area contributed by atoms with Gasteiger partial charge in [0.05, 0.1) is 31.3 Å². The average Bonchev–Trinajstić information content (AvgIpc) is 2.96. The van der Waals surface area contributed by atoms with Crippen LogP contribution in [0.2, 0.25) is 5.02 Å². The summed E-state index contributed by atoms with van der Waals surface area (Å²) in [6.07, 6.45) is 7.62. The Labute approximate surface area is 260 Å². The number of hydrogen-bond acceptors (Lipinski definition) is 4. The van der Waals surface area contributed by atoms with Gasteiger partial charge in [0.15, 0.2) is 11.5 Å². The van der Waals surface area contributed by atoms with Gasteiger partial charge in [0, 0.05) is 16.1 Å². The predicted molar refractivity (Wildman–Crippen MR) is 170 cm³/mol. The van der Waals surface area contributed by atoms with Crippen molar-refractivity contribution < 1.29 is 19.4 Å². The van der Waals surface area contributed by atoms with E-state index >= 15 is 0 Å². The van der Waals surface area contributed by atoms with Crippen LogP contribution < -0.4 is 14.4 Å². The number of carbonyl (C=O) groups is 1. The van der Waals surface area contributed by atoms with Gasteiger partial charge in [-0.3, -0.25) is 4.79 Å². The summed E-state index contributed by atoms with van der Waals surface area (Å²) < 4.78 is 11.8. The van der Waals surface area contributed by atoms with Crippen molar-refractivity contribution >= 4 is 23.2 Å². The number of nitrogens with zero attached hydrogens (tertiary/aromatic N) is 1. The molecule has 1 N–H and O–H groups in total. The lowest BCUT2D eigenvalue weighted by molar-refractivity contribution is -0.176. The molecule has 1 aliphatic heterocycles. The lowest BCUT2D eigenvalue weighted by atomic mass is 9.45. The number of fused-ring (bicyclic) bond motifs is 1. The lowest BCUT2D eigenvalue weighted by Gasteiger charge is -2.61. The zero-order valence-electron chi connectivity index (χ0n) is 25.6. The molecular weight excluding hydrogens is 558 g/mol. The molecule has 43 heavy (non-hydrogen) atoms. The molecule has 8 rings (SSSR count). The number of carbonyl (C=O) groups excluding carboxylic acids is 1. The van der Waals surface area contributed by atoms with Gasteiger partial charge in [-0.1, -0.05) is 35.9 Å². The topological polar surface area (TPSA) is 59.0 Å². The van der Waals surface area contributed by atoms with Crippen molar-refractivity contribution in [1.29, 1.82) is 0 Å². The summed E-state index contributed by atoms with van der Waals surface area (Å²) >= 11 is 6.29. The molecule has 1 unspecified atom stereocenters. The molecule has 4 saturated carbocycles. The molecule has 4 aliphatic carbocycles. The summed E-state index contributed by atoms with van der Waals surface area (Å²) in [6, 6.07) is 19.5. The minimum atomic E-state index is -0.907. The fraction of sp³-hybridized carbons (Fsp3) is 0.486. The number of methoxy groups -OCH3 is 1. The highest BCUT2D eigenvalue weighted by molar-refractivity contribution is 6.30. The first-order chi connectivity index (χ1) is 20.6. The van der Waals surface area contributed by atoms with Crippen LogP contribution >= 0.6 is 11.6 Å². The van der Waals surface area contributed by atoms with Gasteiger partial charge in [-0.05, 0) is 136 Å². The maximum atomic E-state index is 14.0. The zero-order valence-corrected chi connectivity index (χ0v) is 26.4. The van der Waals surface area contributed by atoms with Crippen LogP contribution in [-0.2, 0) is 16.8 Å². The summed E-state index contributed by atoms with van der Waals surface area (Å²) in [5, 5.41) is 12.9. The standard InChI is InChI=1S/C37H42ClNO4/c1-22(2)43-33-18-31-27(16-32(33)42-4)17-34(40)39(35(31)26-5-9-29(38)10-6-26)30-11-7-28(8-12-30)36(3,41)37-19-23-13-24(20-37)15-25(14-23)21-37/h5-12,16,18,22-25,35,41H,13-15,17,19-21H2,1-4H3/t23?,24?,25?,35-,36?,37?/m0/s1. The number of anilines is 1. The van der Waals surface area contributed by atoms with Crippen LogP contribution in [-0.4, -0.2) is 24.2 Å². The third-order valence-electron chi connectivity index (χ3n) is 10.9. The molecule has 226 valence electrons. The van der Waals surface area contributed by atoms with Gasteiger partial charge in [0.2, 0.25) is 5.91 Å². The number of aliphatic hydroxyl groups is 1. The van der Waals surface area contributed by atoms with E-state index in [1.54, 1.807) is 7.11 Å². The maximum Gasteiger partial charge on any atom is 0.232 e. The monoisotopic (exact) mass is 599 g/mol. The Morgan fingerprint density at radius 1 is 0.930 bits per heavy atom. The summed E-state index contributed by atoms with van der Waals surface area (Å²) in [6.45, 7) is 6.02. The van der Waals surface area contributed by atoms with Crippen molar-refractivity contribution in [3.63, 3.8) is 0 Å². The van der Waals surface area contributed by atoms with Crippen molar-refractivity contribution in [1.82, 2.24) is 0 Å². The molecule has 2 atom stereocenters. The first-order valence-electron chi connectivity index (χ1n) is 15.8. The fourth-order valence-corrected chi connectivity index (χ4v) is 9.41. The zero-order chi connectivity index (χ0) is 30.1. The summed E-state index contributed by atoms with van der Waals surface area (Å²) in [5.74, 6) is 3.56. The van der Waals surface area contributed by atoms with Gasteiger partial charge in [-0.2, -0.15) is 0 Å². The van der Waals surface area contributed by atoms with E-state index in [0.717, 1.165) is 65.0 Å². The van der Waals surface area contributed by atoms with Crippen LogP contribution in [0.3, 0.4) is 0 Å². The SMILES string of the molecule is COc1cc2c(cc1OC(C)C)[C@H](c1ccc(Cl)cc1)N(c1ccc(C(C)(O)C34CC5CC(CC(C5)C3)C4)cc1)C(=O)C2. The molecule has 4 fully saturated rings. The molecule has 5 nitrogen and oxygen atoms in total. The van der Waals surface area contributed by atoms with Gasteiger partial charge in [-0.25, -0.2) is 0 Å². The van der Waals surface area contributed by atoms with Crippen molar-refractivity contribution in [3.8, 4) is 11.5 Å². The third-order valence-corrected chi connectivity index (χ3v) is 11.2. The Kier molecular flexibility index (Phi) is 7.05. The highest BCUT2D eigenvalue weighted by atomic mass is 35.5. The van der Waals surface area contributed by atoms with Crippen molar-refractivity contribution in [2.45, 2.75) is 83.5 Å². The molecular formula is C37H42ClNO4. The molecule has 1 heterocycles. The highest BCUT2D eigenvalue weighted by Gasteiger charge is 2.58. The smallest absolute Gasteiger partial charge is 0.232 e. The normalized spacial score (nSPS) is 29.0. The minimum absolute atomic E-state index is 0.00706. The van der Waals surface area contributed by atoms with Crippen LogP contribution in [0.1, 0.15) is 87.6 Å². The third kappa shape index (κ3) is 4.84. The molecule has 0 saturated heterocycles. The molecule has 1 amide bonds. The molecule has 0 spiro atoms. The van der Waals surface area contributed by atoms with Crippen LogP contribution in [0.5, 0.6) is 11.5 Å². The Hall–Kier alpha value is -3.02. The van der Waals surface area contributed by atoms with Gasteiger partial charge in [0.1, 0.15) is 0 Å². The molecule has 0 aromatic heterocycles. The summed E-state index contributed by atoms with van der Waals surface area (Å²) in [5.41, 5.74) is 3.68. The first-order valence-corrected chi connectivity index (χ1v) is 16.2. The molecule has 5 aliphatic rings. The highest BCUT2D eigenvalue weighted by Crippen LogP contribution is 2.65. The van der Waals surface area contributed by atoms with Crippen LogP contribution in [0.4, 0.5) is 5.69 Å². The number of amides is 1. The molecule has 3 aromatic carbocycles. The van der Waals surface area contributed by atoms with E-state index in [1.165, 1.54) is 19.3 Å². The Bertz CT molecular complexity index is 1490. The van der Waals surface area contributed by atoms with E-state index in [9.17, 15) is 9.90 Å². The second-order valence-electron chi connectivity index (χ2n) is 14.1. The van der Waals surface area contributed by atoms with E-state index in [4.69, 9.17) is 21.1 Å². The second-order valence-corrected chi connectivity index (χ2v) is 14.5. The predicted octanol–water partition coefficient (Wildman–Crippen LogP) is 8.24.